The third-order valence-electron chi connectivity index (χ3n) is 5.27. The van der Waals surface area contributed by atoms with Crippen LogP contribution in [0.2, 0.25) is 0 Å². The Kier molecular flexibility index (Phi) is 4.65. The van der Waals surface area contributed by atoms with Crippen molar-refractivity contribution in [1.29, 1.82) is 0 Å². The van der Waals surface area contributed by atoms with E-state index in [-0.39, 0.29) is 17.9 Å². The molecule has 0 amide bonds. The van der Waals surface area contributed by atoms with Crippen LogP contribution in [0, 0.1) is 10.1 Å². The van der Waals surface area contributed by atoms with Gasteiger partial charge in [0, 0.05) is 4.98 Å². The molecule has 0 radical (unpaired) electrons. The summed E-state index contributed by atoms with van der Waals surface area (Å²) < 4.78 is 13.3. The summed E-state index contributed by atoms with van der Waals surface area (Å²) in [6.45, 7) is 1.20. The van der Waals surface area contributed by atoms with E-state index in [1.54, 1.807) is 4.57 Å². The molecule has 1 atom stereocenters. The molecule has 7 heteroatoms. The van der Waals surface area contributed by atoms with Gasteiger partial charge in [-0.25, -0.2) is 0 Å². The molecule has 0 bridgehead atoms. The van der Waals surface area contributed by atoms with E-state index in [9.17, 15) is 10.1 Å². The van der Waals surface area contributed by atoms with Gasteiger partial charge in [-0.2, -0.15) is 0 Å². The normalized spacial score (nSPS) is 15.5. The molecule has 30 heavy (non-hydrogen) atoms. The Morgan fingerprint density at radius 2 is 1.90 bits per heavy atom. The molecule has 1 aliphatic rings. The Morgan fingerprint density at radius 1 is 1.10 bits per heavy atom. The van der Waals surface area contributed by atoms with Gasteiger partial charge in [-0.15, -0.1) is 0 Å². The van der Waals surface area contributed by atoms with E-state index in [2.05, 4.69) is 47.4 Å². The smallest absolute Gasteiger partial charge is 0.414 e. The van der Waals surface area contributed by atoms with Gasteiger partial charge in [0.2, 0.25) is 0 Å². The molecule has 0 unspecified atom stereocenters. The van der Waals surface area contributed by atoms with Crippen LogP contribution < -0.4 is 4.74 Å². The van der Waals surface area contributed by atoms with Crippen molar-refractivity contribution in [2.75, 3.05) is 6.61 Å². The third-order valence-corrected chi connectivity index (χ3v) is 5.27. The minimum atomic E-state index is -0.523. The first-order chi connectivity index (χ1) is 14.7. The standard InChI is InChI=1S/C23H19N3O4/c27-26(28)22-13-25-12-20(15-30-23(25)24-22)29-14-19-7-3-4-8-21(19)18-10-9-16-5-1-2-6-17(16)11-18/h1-11,13,20H,12,14-15H2/t20-/m0/s1. The number of aromatic nitrogens is 2. The van der Waals surface area contributed by atoms with Crippen LogP contribution in [0.5, 0.6) is 6.01 Å². The van der Waals surface area contributed by atoms with Gasteiger partial charge in [0.1, 0.15) is 18.9 Å². The highest BCUT2D eigenvalue weighted by molar-refractivity contribution is 5.87. The Morgan fingerprint density at radius 3 is 2.77 bits per heavy atom. The van der Waals surface area contributed by atoms with Gasteiger partial charge in [-0.1, -0.05) is 60.7 Å². The van der Waals surface area contributed by atoms with Crippen LogP contribution in [-0.4, -0.2) is 27.2 Å². The number of nitro groups is 1. The molecule has 4 aromatic rings. The SMILES string of the molecule is O=[N+]([O-])c1cn2c(n1)OC[C@@H](OCc1ccccc1-c1ccc3ccccc3c1)C2. The van der Waals surface area contributed by atoms with Crippen LogP contribution in [0.3, 0.4) is 0 Å². The molecule has 0 saturated heterocycles. The van der Waals surface area contributed by atoms with Gasteiger partial charge >= 0.3 is 11.8 Å². The molecule has 2 heterocycles. The lowest BCUT2D eigenvalue weighted by molar-refractivity contribution is -0.389. The summed E-state index contributed by atoms with van der Waals surface area (Å²) in [5, 5.41) is 13.3. The predicted octanol–water partition coefficient (Wildman–Crippen LogP) is 4.59. The number of hydrogen-bond acceptors (Lipinski definition) is 5. The number of fused-ring (bicyclic) bond motifs is 2. The molecule has 1 aliphatic heterocycles. The summed E-state index contributed by atoms with van der Waals surface area (Å²) in [6, 6.07) is 23.2. The molecule has 0 aliphatic carbocycles. The highest BCUT2D eigenvalue weighted by Gasteiger charge is 2.28. The van der Waals surface area contributed by atoms with Gasteiger partial charge in [0.05, 0.1) is 13.2 Å². The number of ether oxygens (including phenoxy) is 2. The first-order valence-electron chi connectivity index (χ1n) is 9.70. The maximum atomic E-state index is 10.9. The second kappa shape index (κ2) is 7.61. The quantitative estimate of drug-likeness (QED) is 0.361. The zero-order valence-electron chi connectivity index (χ0n) is 16.1. The fourth-order valence-corrected chi connectivity index (χ4v) is 3.75. The number of hydrogen-bond donors (Lipinski definition) is 0. The summed E-state index contributed by atoms with van der Waals surface area (Å²) in [4.78, 5) is 14.3. The Hall–Kier alpha value is -3.71. The highest BCUT2D eigenvalue weighted by atomic mass is 16.6. The Bertz CT molecular complexity index is 1230. The minimum Gasteiger partial charge on any atom is -0.443 e. The first-order valence-corrected chi connectivity index (χ1v) is 9.70. The van der Waals surface area contributed by atoms with E-state index in [4.69, 9.17) is 9.47 Å². The number of benzene rings is 3. The summed E-state index contributed by atoms with van der Waals surface area (Å²) in [5.41, 5.74) is 3.34. The van der Waals surface area contributed by atoms with E-state index in [1.807, 2.05) is 24.3 Å². The van der Waals surface area contributed by atoms with Crippen LogP contribution in [0.25, 0.3) is 21.9 Å². The molecular formula is C23H19N3O4. The summed E-state index contributed by atoms with van der Waals surface area (Å²) in [7, 11) is 0. The average molecular weight is 401 g/mol. The van der Waals surface area contributed by atoms with Crippen LogP contribution in [0.4, 0.5) is 5.82 Å². The molecule has 150 valence electrons. The van der Waals surface area contributed by atoms with Crippen molar-refractivity contribution in [1.82, 2.24) is 9.55 Å². The van der Waals surface area contributed by atoms with Crippen molar-refractivity contribution in [2.45, 2.75) is 19.3 Å². The molecule has 5 rings (SSSR count). The van der Waals surface area contributed by atoms with E-state index >= 15 is 0 Å². The number of nitrogens with zero attached hydrogens (tertiary/aromatic N) is 3. The molecule has 0 fully saturated rings. The molecule has 0 spiro atoms. The van der Waals surface area contributed by atoms with E-state index < -0.39 is 4.92 Å². The van der Waals surface area contributed by atoms with E-state index in [0.29, 0.717) is 19.8 Å². The van der Waals surface area contributed by atoms with E-state index in [1.165, 1.54) is 17.0 Å². The highest BCUT2D eigenvalue weighted by Crippen LogP contribution is 2.29. The van der Waals surface area contributed by atoms with Gasteiger partial charge < -0.3 is 19.6 Å². The predicted molar refractivity (Wildman–Crippen MR) is 112 cm³/mol. The molecular weight excluding hydrogens is 382 g/mol. The van der Waals surface area contributed by atoms with Crippen molar-refractivity contribution in [3.63, 3.8) is 0 Å². The fraction of sp³-hybridized carbons (Fsp3) is 0.174. The lowest BCUT2D eigenvalue weighted by Gasteiger charge is -2.23. The molecule has 0 N–H and O–H groups in total. The number of rotatable bonds is 5. The second-order valence-corrected chi connectivity index (χ2v) is 7.25. The lowest BCUT2D eigenvalue weighted by atomic mass is 9.97. The van der Waals surface area contributed by atoms with Crippen molar-refractivity contribution >= 4 is 16.6 Å². The molecule has 7 nitrogen and oxygen atoms in total. The van der Waals surface area contributed by atoms with Gasteiger partial charge in [-0.05, 0) is 38.5 Å². The molecule has 1 aromatic heterocycles. The molecule has 3 aromatic carbocycles. The maximum Gasteiger partial charge on any atom is 0.414 e. The second-order valence-electron chi connectivity index (χ2n) is 7.25. The monoisotopic (exact) mass is 401 g/mol. The largest absolute Gasteiger partial charge is 0.443 e. The third kappa shape index (κ3) is 3.51. The van der Waals surface area contributed by atoms with Crippen molar-refractivity contribution < 1.29 is 14.4 Å². The van der Waals surface area contributed by atoms with Gasteiger partial charge in [0.25, 0.3) is 0 Å². The van der Waals surface area contributed by atoms with Crippen LogP contribution in [0.15, 0.2) is 72.9 Å². The maximum absolute atomic E-state index is 10.9. The van der Waals surface area contributed by atoms with Gasteiger partial charge in [-0.3, -0.25) is 4.57 Å². The summed E-state index contributed by atoms with van der Waals surface area (Å²) in [6.07, 6.45) is 1.17. The first kappa shape index (κ1) is 18.3. The van der Waals surface area contributed by atoms with Crippen molar-refractivity contribution in [3.8, 4) is 17.1 Å². The minimum absolute atomic E-state index is 0.212. The van der Waals surface area contributed by atoms with E-state index in [0.717, 1.165) is 16.7 Å². The summed E-state index contributed by atoms with van der Waals surface area (Å²) >= 11 is 0. The van der Waals surface area contributed by atoms with Gasteiger partial charge in [0.15, 0.2) is 0 Å². The van der Waals surface area contributed by atoms with Crippen LogP contribution >= 0.6 is 0 Å². The lowest BCUT2D eigenvalue weighted by Crippen LogP contribution is -2.32. The van der Waals surface area contributed by atoms with Crippen molar-refractivity contribution in [3.05, 3.63) is 88.6 Å². The Balaban J connectivity index is 1.34. The zero-order valence-corrected chi connectivity index (χ0v) is 16.1. The topological polar surface area (TPSA) is 79.4 Å². The van der Waals surface area contributed by atoms with Crippen LogP contribution in [-0.2, 0) is 17.9 Å². The molecule has 0 saturated carbocycles. The van der Waals surface area contributed by atoms with Crippen molar-refractivity contribution in [2.24, 2.45) is 0 Å². The Labute approximate surface area is 172 Å². The van der Waals surface area contributed by atoms with Crippen LogP contribution in [0.1, 0.15) is 5.56 Å². The fourth-order valence-electron chi connectivity index (χ4n) is 3.75. The zero-order chi connectivity index (χ0) is 20.5. The number of imidazole rings is 1. The average Bonchev–Trinajstić information content (AvgIpc) is 3.21. The summed E-state index contributed by atoms with van der Waals surface area (Å²) in [5.74, 6) is -0.215.